The van der Waals surface area contributed by atoms with Gasteiger partial charge in [0.05, 0.1) is 0 Å². The van der Waals surface area contributed by atoms with Gasteiger partial charge >= 0.3 is 5.97 Å². The third-order valence-corrected chi connectivity index (χ3v) is 2.48. The van der Waals surface area contributed by atoms with E-state index in [-0.39, 0.29) is 17.8 Å². The predicted octanol–water partition coefficient (Wildman–Crippen LogP) is 2.67. The maximum Gasteiger partial charge on any atom is 0.354 e. The maximum atomic E-state index is 13.4. The summed E-state index contributed by atoms with van der Waals surface area (Å²) < 4.78 is 26.1. The summed E-state index contributed by atoms with van der Waals surface area (Å²) in [6.07, 6.45) is 1.34. The van der Waals surface area contributed by atoms with E-state index in [1.807, 2.05) is 0 Å². The Morgan fingerprint density at radius 3 is 2.74 bits per heavy atom. The van der Waals surface area contributed by atoms with Crippen molar-refractivity contribution in [2.75, 3.05) is 5.32 Å². The van der Waals surface area contributed by atoms with Gasteiger partial charge in [-0.05, 0) is 18.2 Å². The van der Waals surface area contributed by atoms with Crippen molar-refractivity contribution in [2.24, 2.45) is 0 Å². The fourth-order valence-corrected chi connectivity index (χ4v) is 1.52. The Hall–Kier alpha value is -2.50. The van der Waals surface area contributed by atoms with E-state index in [0.29, 0.717) is 5.69 Å². The number of anilines is 1. The molecule has 1 aromatic carbocycles. The molecule has 0 fully saturated rings. The van der Waals surface area contributed by atoms with Crippen LogP contribution in [0, 0.1) is 11.6 Å². The lowest BCUT2D eigenvalue weighted by Gasteiger charge is -2.07. The van der Waals surface area contributed by atoms with Crippen molar-refractivity contribution in [3.8, 4) is 0 Å². The van der Waals surface area contributed by atoms with Crippen LogP contribution in [-0.2, 0) is 6.54 Å². The Kier molecular flexibility index (Phi) is 3.70. The molecule has 2 rings (SSSR count). The first kappa shape index (κ1) is 12.9. The molecule has 2 N–H and O–H groups in total. The number of aromatic nitrogens is 1. The summed E-state index contributed by atoms with van der Waals surface area (Å²) in [6.45, 7) is 0.120. The summed E-state index contributed by atoms with van der Waals surface area (Å²) >= 11 is 0. The Labute approximate surface area is 107 Å². The highest BCUT2D eigenvalue weighted by molar-refractivity contribution is 5.86. The fourth-order valence-electron chi connectivity index (χ4n) is 1.52. The minimum atomic E-state index is -1.14. The van der Waals surface area contributed by atoms with Gasteiger partial charge in [0.1, 0.15) is 17.3 Å². The fraction of sp³-hybridized carbons (Fsp3) is 0.0769. The van der Waals surface area contributed by atoms with Crippen molar-refractivity contribution in [1.82, 2.24) is 4.98 Å². The van der Waals surface area contributed by atoms with Crippen molar-refractivity contribution in [3.63, 3.8) is 0 Å². The van der Waals surface area contributed by atoms with Crippen molar-refractivity contribution in [3.05, 3.63) is 59.4 Å². The number of carbonyl (C=O) groups is 1. The highest BCUT2D eigenvalue weighted by Crippen LogP contribution is 2.13. The van der Waals surface area contributed by atoms with E-state index >= 15 is 0 Å². The smallest absolute Gasteiger partial charge is 0.354 e. The molecule has 0 aliphatic heterocycles. The van der Waals surface area contributed by atoms with Gasteiger partial charge in [-0.15, -0.1) is 0 Å². The average Bonchev–Trinajstić information content (AvgIpc) is 2.38. The molecule has 1 aromatic heterocycles. The summed E-state index contributed by atoms with van der Waals surface area (Å²) in [6, 6.07) is 6.19. The van der Waals surface area contributed by atoms with Gasteiger partial charge in [0.25, 0.3) is 0 Å². The van der Waals surface area contributed by atoms with Crippen LogP contribution in [0.5, 0.6) is 0 Å². The van der Waals surface area contributed by atoms with Crippen molar-refractivity contribution >= 4 is 11.7 Å². The normalized spacial score (nSPS) is 10.2. The minimum Gasteiger partial charge on any atom is -0.477 e. The van der Waals surface area contributed by atoms with Gasteiger partial charge in [-0.25, -0.2) is 18.6 Å². The molecule has 4 nitrogen and oxygen atoms in total. The minimum absolute atomic E-state index is 0.107. The lowest BCUT2D eigenvalue weighted by atomic mass is 10.2. The van der Waals surface area contributed by atoms with Crippen LogP contribution in [0.4, 0.5) is 14.5 Å². The monoisotopic (exact) mass is 264 g/mol. The van der Waals surface area contributed by atoms with Crippen LogP contribution >= 0.6 is 0 Å². The number of pyridine rings is 1. The lowest BCUT2D eigenvalue weighted by Crippen LogP contribution is -2.05. The highest BCUT2D eigenvalue weighted by atomic mass is 19.1. The van der Waals surface area contributed by atoms with E-state index < -0.39 is 17.6 Å². The summed E-state index contributed by atoms with van der Waals surface area (Å²) in [7, 11) is 0. The molecule has 0 aliphatic rings. The van der Waals surface area contributed by atoms with Crippen LogP contribution in [0.1, 0.15) is 16.1 Å². The quantitative estimate of drug-likeness (QED) is 0.891. The summed E-state index contributed by atoms with van der Waals surface area (Å²) in [5.41, 5.74) is 0.677. The number of halogens is 2. The van der Waals surface area contributed by atoms with E-state index in [4.69, 9.17) is 5.11 Å². The molecule has 19 heavy (non-hydrogen) atoms. The molecule has 2 aromatic rings. The van der Waals surface area contributed by atoms with Gasteiger partial charge in [-0.3, -0.25) is 0 Å². The second-order valence-corrected chi connectivity index (χ2v) is 3.82. The third kappa shape index (κ3) is 3.25. The molecule has 0 radical (unpaired) electrons. The molecule has 0 aliphatic carbocycles. The van der Waals surface area contributed by atoms with Gasteiger partial charge in [-0.1, -0.05) is 6.07 Å². The topological polar surface area (TPSA) is 62.2 Å². The number of carboxylic acids is 1. The Bertz CT molecular complexity index is 617. The SMILES string of the molecule is O=C(O)c1cc(NCc2ccc(F)cc2F)ccn1. The van der Waals surface area contributed by atoms with Gasteiger partial charge in [-0.2, -0.15) is 0 Å². The van der Waals surface area contributed by atoms with Crippen molar-refractivity contribution in [2.45, 2.75) is 6.54 Å². The summed E-state index contributed by atoms with van der Waals surface area (Å²) in [5.74, 6) is -2.44. The zero-order valence-electron chi connectivity index (χ0n) is 9.73. The molecule has 6 heteroatoms. The number of nitrogens with zero attached hydrogens (tertiary/aromatic N) is 1. The maximum absolute atomic E-state index is 13.4. The first-order valence-corrected chi connectivity index (χ1v) is 5.43. The van der Waals surface area contributed by atoms with Gasteiger partial charge in [0.15, 0.2) is 0 Å². The summed E-state index contributed by atoms with van der Waals surface area (Å²) in [5, 5.41) is 11.6. The number of hydrogen-bond donors (Lipinski definition) is 2. The zero-order chi connectivity index (χ0) is 13.8. The van der Waals surface area contributed by atoms with E-state index in [1.54, 1.807) is 6.07 Å². The molecule has 0 bridgehead atoms. The number of hydrogen-bond acceptors (Lipinski definition) is 3. The van der Waals surface area contributed by atoms with Crippen molar-refractivity contribution in [1.29, 1.82) is 0 Å². The number of aromatic carboxylic acids is 1. The lowest BCUT2D eigenvalue weighted by molar-refractivity contribution is 0.0690. The first-order chi connectivity index (χ1) is 9.06. The molecule has 0 saturated carbocycles. The zero-order valence-corrected chi connectivity index (χ0v) is 9.73. The highest BCUT2D eigenvalue weighted by Gasteiger charge is 2.06. The second-order valence-electron chi connectivity index (χ2n) is 3.82. The molecule has 1 heterocycles. The van der Waals surface area contributed by atoms with Crippen LogP contribution in [-0.4, -0.2) is 16.1 Å². The molecular weight excluding hydrogens is 254 g/mol. The molecule has 0 atom stereocenters. The number of rotatable bonds is 4. The molecule has 0 spiro atoms. The van der Waals surface area contributed by atoms with Crippen LogP contribution in [0.2, 0.25) is 0 Å². The molecule has 0 unspecified atom stereocenters. The predicted molar refractivity (Wildman–Crippen MR) is 64.9 cm³/mol. The van der Waals surface area contributed by atoms with E-state index in [9.17, 15) is 13.6 Å². The van der Waals surface area contributed by atoms with E-state index in [0.717, 1.165) is 12.1 Å². The van der Waals surface area contributed by atoms with Gasteiger partial charge < -0.3 is 10.4 Å². The van der Waals surface area contributed by atoms with Gasteiger partial charge in [0.2, 0.25) is 0 Å². The molecular formula is C13H10F2N2O2. The van der Waals surface area contributed by atoms with E-state index in [1.165, 1.54) is 18.3 Å². The first-order valence-electron chi connectivity index (χ1n) is 5.43. The third-order valence-electron chi connectivity index (χ3n) is 2.48. The van der Waals surface area contributed by atoms with E-state index in [2.05, 4.69) is 10.3 Å². The molecule has 0 amide bonds. The van der Waals surface area contributed by atoms with Crippen LogP contribution < -0.4 is 5.32 Å². The molecule has 0 saturated heterocycles. The van der Waals surface area contributed by atoms with Gasteiger partial charge in [0, 0.05) is 30.1 Å². The largest absolute Gasteiger partial charge is 0.477 e. The Morgan fingerprint density at radius 2 is 2.05 bits per heavy atom. The summed E-state index contributed by atoms with van der Waals surface area (Å²) in [4.78, 5) is 14.4. The number of nitrogens with one attached hydrogen (secondary N) is 1. The van der Waals surface area contributed by atoms with Crippen molar-refractivity contribution < 1.29 is 18.7 Å². The Balaban J connectivity index is 2.10. The number of carboxylic acid groups (broad SMARTS) is 1. The standard InChI is InChI=1S/C13H10F2N2O2/c14-9-2-1-8(11(15)5-9)7-17-10-3-4-16-12(6-10)13(18)19/h1-6H,7H2,(H,16,17)(H,18,19). The van der Waals surface area contributed by atoms with Crippen LogP contribution in [0.25, 0.3) is 0 Å². The Morgan fingerprint density at radius 1 is 1.26 bits per heavy atom. The molecule has 98 valence electrons. The van der Waals surface area contributed by atoms with Crippen LogP contribution in [0.3, 0.4) is 0 Å². The second kappa shape index (κ2) is 5.43. The van der Waals surface area contributed by atoms with Crippen LogP contribution in [0.15, 0.2) is 36.5 Å². The number of benzene rings is 1. The average molecular weight is 264 g/mol.